The smallest absolute Gasteiger partial charge is 0.248 e. The minimum absolute atomic E-state index is 0.167. The van der Waals surface area contributed by atoms with E-state index in [1.165, 1.54) is 42.2 Å². The first-order valence-electron chi connectivity index (χ1n) is 14.5. The van der Waals surface area contributed by atoms with E-state index in [1.807, 2.05) is 36.4 Å². The number of nitrogens with zero attached hydrogens (tertiary/aromatic N) is 7. The van der Waals surface area contributed by atoms with Crippen LogP contribution in [0, 0.1) is 5.82 Å². The maximum atomic E-state index is 15.2. The van der Waals surface area contributed by atoms with Crippen LogP contribution in [0.25, 0.3) is 17.1 Å². The molecule has 0 spiro atoms. The summed E-state index contributed by atoms with van der Waals surface area (Å²) in [5, 5.41) is 17.3. The Kier molecular flexibility index (Phi) is 6.96. The first-order chi connectivity index (χ1) is 20.0. The highest BCUT2D eigenvalue weighted by Gasteiger charge is 2.27. The van der Waals surface area contributed by atoms with E-state index < -0.39 is 0 Å². The molecule has 2 aliphatic heterocycles. The van der Waals surface area contributed by atoms with Crippen LogP contribution < -0.4 is 16.0 Å². The third-order valence-corrected chi connectivity index (χ3v) is 8.82. The Bertz CT molecular complexity index is 1570. The van der Waals surface area contributed by atoms with Crippen molar-refractivity contribution in [2.24, 2.45) is 0 Å². The van der Waals surface area contributed by atoms with Crippen LogP contribution in [0.15, 0.2) is 42.5 Å². The Morgan fingerprint density at radius 2 is 1.71 bits per heavy atom. The number of benzene rings is 2. The van der Waals surface area contributed by atoms with E-state index in [-0.39, 0.29) is 17.7 Å². The van der Waals surface area contributed by atoms with Crippen molar-refractivity contribution in [3.05, 3.63) is 64.4 Å². The quantitative estimate of drug-likeness (QED) is 0.327. The average Bonchev–Trinajstić information content (AvgIpc) is 3.60. The largest absolute Gasteiger partial charge is 0.369 e. The lowest BCUT2D eigenvalue weighted by Crippen LogP contribution is -2.44. The van der Waals surface area contributed by atoms with Gasteiger partial charge in [0.25, 0.3) is 0 Å². The summed E-state index contributed by atoms with van der Waals surface area (Å²) >= 11 is 6.22. The van der Waals surface area contributed by atoms with Crippen molar-refractivity contribution >= 4 is 34.9 Å². The van der Waals surface area contributed by atoms with Gasteiger partial charge in [-0.2, -0.15) is 9.67 Å². The third kappa shape index (κ3) is 5.22. The van der Waals surface area contributed by atoms with Crippen molar-refractivity contribution in [3.8, 4) is 17.1 Å². The molecule has 3 aliphatic rings. The van der Waals surface area contributed by atoms with Crippen molar-refractivity contribution < 1.29 is 4.39 Å². The zero-order valence-electron chi connectivity index (χ0n) is 22.9. The second kappa shape index (κ2) is 10.9. The number of halogens is 2. The van der Waals surface area contributed by atoms with Crippen LogP contribution >= 0.6 is 11.6 Å². The summed E-state index contributed by atoms with van der Waals surface area (Å²) in [4.78, 5) is 9.10. The minimum atomic E-state index is -0.264. The molecular weight excluding hydrogens is 541 g/mol. The Labute approximate surface area is 243 Å². The summed E-state index contributed by atoms with van der Waals surface area (Å²) in [6.45, 7) is 4.15. The number of aryl methyl sites for hydroxylation is 2. The normalized spacial score (nSPS) is 17.8. The number of anilines is 4. The molecule has 0 saturated carbocycles. The molecule has 0 unspecified atom stereocenters. The van der Waals surface area contributed by atoms with Gasteiger partial charge < -0.3 is 20.9 Å². The average molecular weight is 574 g/mol. The van der Waals surface area contributed by atoms with E-state index in [0.717, 1.165) is 67.0 Å². The number of hydrogen-bond acceptors (Lipinski definition) is 8. The van der Waals surface area contributed by atoms with Gasteiger partial charge in [0.1, 0.15) is 5.82 Å². The molecule has 2 fully saturated rings. The lowest BCUT2D eigenvalue weighted by molar-refractivity contribution is 0.207. The molecule has 4 aromatic rings. The molecule has 212 valence electrons. The van der Waals surface area contributed by atoms with Crippen LogP contribution in [-0.4, -0.2) is 62.1 Å². The van der Waals surface area contributed by atoms with E-state index in [1.54, 1.807) is 0 Å². The Morgan fingerprint density at radius 3 is 2.51 bits per heavy atom. The number of piperidine rings is 1. The van der Waals surface area contributed by atoms with Crippen molar-refractivity contribution in [3.63, 3.8) is 0 Å². The molecule has 2 aromatic carbocycles. The van der Waals surface area contributed by atoms with Gasteiger partial charge in [0.15, 0.2) is 5.82 Å². The number of fused-ring (bicyclic) bond motifs is 3. The second-order valence-corrected chi connectivity index (χ2v) is 11.6. The summed E-state index contributed by atoms with van der Waals surface area (Å²) in [6, 6.07) is 13.6. The molecule has 0 radical (unpaired) electrons. The monoisotopic (exact) mass is 573 g/mol. The Balaban J connectivity index is 1.06. The molecule has 0 atom stereocenters. The molecule has 2 aromatic heterocycles. The highest BCUT2D eigenvalue weighted by Crippen LogP contribution is 2.33. The Hall–Kier alpha value is -3.76. The van der Waals surface area contributed by atoms with E-state index >= 15 is 4.39 Å². The molecule has 0 amide bonds. The van der Waals surface area contributed by atoms with Crippen LogP contribution in [0.5, 0.6) is 0 Å². The molecular formula is C30H33ClFN9. The topological polar surface area (TPSA) is 101 Å². The van der Waals surface area contributed by atoms with Crippen LogP contribution in [0.2, 0.25) is 5.02 Å². The molecule has 2 saturated heterocycles. The summed E-state index contributed by atoms with van der Waals surface area (Å²) < 4.78 is 16.7. The van der Waals surface area contributed by atoms with Gasteiger partial charge >= 0.3 is 0 Å². The van der Waals surface area contributed by atoms with E-state index in [4.69, 9.17) is 17.3 Å². The number of nitrogen functional groups attached to an aromatic ring is 1. The number of hydrogen-bond donors (Lipinski definition) is 2. The van der Waals surface area contributed by atoms with E-state index in [0.29, 0.717) is 23.2 Å². The first-order valence-corrected chi connectivity index (χ1v) is 14.8. The summed E-state index contributed by atoms with van der Waals surface area (Å²) in [6.07, 6.45) is 7.50. The fourth-order valence-electron chi connectivity index (χ4n) is 6.50. The van der Waals surface area contributed by atoms with Gasteiger partial charge in [0.2, 0.25) is 11.9 Å². The second-order valence-electron chi connectivity index (χ2n) is 11.2. The number of nitrogens with two attached hydrogens (primary N) is 1. The highest BCUT2D eigenvalue weighted by molar-refractivity contribution is 6.30. The lowest BCUT2D eigenvalue weighted by Gasteiger charge is -2.37. The SMILES string of the molecule is Nc1nc(Nc2ccc(N3CCC(N4CCCC4)CC3)c(F)c2)nn1-c1cc2c(nn1)-c1ccc(Cl)cc1CCC2. The predicted octanol–water partition coefficient (Wildman–Crippen LogP) is 5.40. The van der Waals surface area contributed by atoms with Gasteiger partial charge in [-0.1, -0.05) is 17.7 Å². The fraction of sp³-hybridized carbons (Fsp3) is 0.400. The number of likely N-dealkylation sites (tertiary alicyclic amines) is 1. The molecule has 3 N–H and O–H groups in total. The van der Waals surface area contributed by atoms with E-state index in [2.05, 4.69) is 35.4 Å². The lowest BCUT2D eigenvalue weighted by atomic mass is 10.0. The van der Waals surface area contributed by atoms with Gasteiger partial charge in [-0.05, 0) is 106 Å². The van der Waals surface area contributed by atoms with Crippen molar-refractivity contribution in [2.75, 3.05) is 42.1 Å². The van der Waals surface area contributed by atoms with Crippen molar-refractivity contribution in [1.29, 1.82) is 0 Å². The van der Waals surface area contributed by atoms with Crippen LogP contribution in [0.3, 0.4) is 0 Å². The third-order valence-electron chi connectivity index (χ3n) is 8.59. The molecule has 0 bridgehead atoms. The minimum Gasteiger partial charge on any atom is -0.369 e. The molecule has 7 rings (SSSR count). The van der Waals surface area contributed by atoms with Crippen LogP contribution in [0.1, 0.15) is 43.2 Å². The number of nitrogens with one attached hydrogen (secondary N) is 1. The number of rotatable bonds is 5. The molecule has 11 heteroatoms. The molecule has 4 heterocycles. The predicted molar refractivity (Wildman–Crippen MR) is 160 cm³/mol. The molecule has 9 nitrogen and oxygen atoms in total. The van der Waals surface area contributed by atoms with Crippen LogP contribution in [0.4, 0.5) is 27.7 Å². The zero-order valence-corrected chi connectivity index (χ0v) is 23.6. The van der Waals surface area contributed by atoms with Gasteiger partial charge in [0.05, 0.1) is 11.4 Å². The van der Waals surface area contributed by atoms with Gasteiger partial charge in [-0.15, -0.1) is 15.3 Å². The molecule has 1 aliphatic carbocycles. The van der Waals surface area contributed by atoms with Crippen LogP contribution in [-0.2, 0) is 12.8 Å². The number of aromatic nitrogens is 5. The first kappa shape index (κ1) is 26.2. The maximum Gasteiger partial charge on any atom is 0.248 e. The van der Waals surface area contributed by atoms with Crippen molar-refractivity contribution in [2.45, 2.75) is 51.0 Å². The highest BCUT2D eigenvalue weighted by atomic mass is 35.5. The summed E-state index contributed by atoms with van der Waals surface area (Å²) in [5.74, 6) is 0.650. The zero-order chi connectivity index (χ0) is 27.9. The van der Waals surface area contributed by atoms with Crippen molar-refractivity contribution in [1.82, 2.24) is 29.9 Å². The standard InChI is InChI=1S/C30H33ClFN9/c31-21-6-8-24-19(16-21)4-3-5-20-17-27(36-37-28(20)24)41-29(33)35-30(38-41)34-22-7-9-26(25(32)18-22)40-14-10-23(11-15-40)39-12-1-2-13-39/h6-9,16-18,23H,1-5,10-15H2,(H3,33,34,35,38). The van der Waals surface area contributed by atoms with Gasteiger partial charge in [-0.25, -0.2) is 4.39 Å². The maximum absolute atomic E-state index is 15.2. The van der Waals surface area contributed by atoms with Gasteiger partial charge in [0, 0.05) is 35.4 Å². The summed E-state index contributed by atoms with van der Waals surface area (Å²) in [5.41, 5.74) is 11.6. The van der Waals surface area contributed by atoms with Gasteiger partial charge in [-0.3, -0.25) is 0 Å². The van der Waals surface area contributed by atoms with E-state index in [9.17, 15) is 0 Å². The molecule has 41 heavy (non-hydrogen) atoms. The summed E-state index contributed by atoms with van der Waals surface area (Å²) in [7, 11) is 0. The Morgan fingerprint density at radius 1 is 0.902 bits per heavy atom. The fourth-order valence-corrected chi connectivity index (χ4v) is 6.70.